The molecule has 1 N–H and O–H groups in total. The van der Waals surface area contributed by atoms with Crippen LogP contribution in [-0.4, -0.2) is 40.1 Å². The van der Waals surface area contributed by atoms with E-state index >= 15 is 0 Å². The standard InChI is InChI=1S/C23H26FN3O3/c1-16-8-10-23(11-9-16)27(22(29)17-5-4-6-18(24)13-17)20(15-30-23)21(28)26-14-19-7-2-3-12-25-19/h2-7,12-13,16,20H,8-11,14-15H2,1H3,(H,26,28). The third-order valence-corrected chi connectivity index (χ3v) is 6.08. The number of pyridine rings is 1. The summed E-state index contributed by atoms with van der Waals surface area (Å²) in [6.07, 6.45) is 4.82. The fraction of sp³-hybridized carbons (Fsp3) is 0.435. The van der Waals surface area contributed by atoms with Crippen molar-refractivity contribution in [3.8, 4) is 0 Å². The molecule has 6 nitrogen and oxygen atoms in total. The maximum absolute atomic E-state index is 13.8. The Morgan fingerprint density at radius 3 is 2.73 bits per heavy atom. The van der Waals surface area contributed by atoms with Crippen LogP contribution in [0.1, 0.15) is 48.7 Å². The molecule has 1 saturated heterocycles. The van der Waals surface area contributed by atoms with Crippen LogP contribution in [0.3, 0.4) is 0 Å². The maximum Gasteiger partial charge on any atom is 0.256 e. The zero-order chi connectivity index (χ0) is 21.1. The first kappa shape index (κ1) is 20.5. The molecule has 1 aliphatic heterocycles. The predicted molar refractivity (Wildman–Crippen MR) is 109 cm³/mol. The summed E-state index contributed by atoms with van der Waals surface area (Å²) in [5, 5.41) is 2.87. The number of halogens is 1. The molecule has 4 rings (SSSR count). The predicted octanol–water partition coefficient (Wildman–Crippen LogP) is 3.28. The van der Waals surface area contributed by atoms with E-state index in [0.29, 0.717) is 18.8 Å². The second kappa shape index (κ2) is 8.52. The third-order valence-electron chi connectivity index (χ3n) is 6.08. The van der Waals surface area contributed by atoms with Crippen molar-refractivity contribution in [1.29, 1.82) is 0 Å². The van der Waals surface area contributed by atoms with Crippen molar-refractivity contribution >= 4 is 11.8 Å². The highest BCUT2D eigenvalue weighted by molar-refractivity contribution is 5.98. The topological polar surface area (TPSA) is 71.5 Å². The zero-order valence-electron chi connectivity index (χ0n) is 17.0. The van der Waals surface area contributed by atoms with Crippen LogP contribution in [0.5, 0.6) is 0 Å². The Morgan fingerprint density at radius 2 is 2.03 bits per heavy atom. The van der Waals surface area contributed by atoms with Crippen molar-refractivity contribution in [2.24, 2.45) is 5.92 Å². The summed E-state index contributed by atoms with van der Waals surface area (Å²) in [5.41, 5.74) is 0.137. The Hall–Kier alpha value is -2.80. The molecule has 1 unspecified atom stereocenters. The number of carbonyl (C=O) groups is 2. The van der Waals surface area contributed by atoms with Crippen molar-refractivity contribution in [1.82, 2.24) is 15.2 Å². The molecule has 1 saturated carbocycles. The van der Waals surface area contributed by atoms with Crippen LogP contribution in [0, 0.1) is 11.7 Å². The van der Waals surface area contributed by atoms with E-state index < -0.39 is 17.6 Å². The van der Waals surface area contributed by atoms with Gasteiger partial charge in [0.05, 0.1) is 18.8 Å². The largest absolute Gasteiger partial charge is 0.353 e. The highest BCUT2D eigenvalue weighted by Crippen LogP contribution is 2.43. The van der Waals surface area contributed by atoms with E-state index in [0.717, 1.165) is 18.5 Å². The minimum absolute atomic E-state index is 0.128. The fourth-order valence-electron chi connectivity index (χ4n) is 4.34. The molecule has 1 aromatic carbocycles. The highest BCUT2D eigenvalue weighted by atomic mass is 19.1. The van der Waals surface area contributed by atoms with E-state index in [2.05, 4.69) is 17.2 Å². The lowest BCUT2D eigenvalue weighted by Gasteiger charge is -2.43. The first-order chi connectivity index (χ1) is 14.5. The van der Waals surface area contributed by atoms with Gasteiger partial charge in [0, 0.05) is 11.8 Å². The fourth-order valence-corrected chi connectivity index (χ4v) is 4.34. The molecule has 7 heteroatoms. The van der Waals surface area contributed by atoms with E-state index in [4.69, 9.17) is 4.74 Å². The molecular formula is C23H26FN3O3. The number of ether oxygens (including phenoxy) is 1. The van der Waals surface area contributed by atoms with Crippen LogP contribution in [0.15, 0.2) is 48.7 Å². The summed E-state index contributed by atoms with van der Waals surface area (Å²) >= 11 is 0. The Bertz CT molecular complexity index is 913. The Labute approximate surface area is 175 Å². The van der Waals surface area contributed by atoms with E-state index in [1.54, 1.807) is 17.2 Å². The second-order valence-corrected chi connectivity index (χ2v) is 8.18. The number of benzene rings is 1. The molecule has 1 atom stereocenters. The molecule has 2 amide bonds. The van der Waals surface area contributed by atoms with E-state index in [1.165, 1.54) is 18.2 Å². The maximum atomic E-state index is 13.8. The lowest BCUT2D eigenvalue weighted by atomic mass is 9.83. The molecule has 1 spiro atoms. The molecule has 0 radical (unpaired) electrons. The van der Waals surface area contributed by atoms with Gasteiger partial charge in [-0.2, -0.15) is 0 Å². The number of aromatic nitrogens is 1. The quantitative estimate of drug-likeness (QED) is 0.838. The number of nitrogens with zero attached hydrogens (tertiary/aromatic N) is 2. The van der Waals surface area contributed by atoms with Gasteiger partial charge in [-0.25, -0.2) is 4.39 Å². The number of hydrogen-bond acceptors (Lipinski definition) is 4. The number of hydrogen-bond donors (Lipinski definition) is 1. The third kappa shape index (κ3) is 4.07. The van der Waals surface area contributed by atoms with Crippen molar-refractivity contribution in [3.63, 3.8) is 0 Å². The molecule has 0 bridgehead atoms. The van der Waals surface area contributed by atoms with Gasteiger partial charge in [0.2, 0.25) is 5.91 Å². The smallest absolute Gasteiger partial charge is 0.256 e. The minimum Gasteiger partial charge on any atom is -0.353 e. The second-order valence-electron chi connectivity index (χ2n) is 8.18. The molecule has 2 aliphatic rings. The van der Waals surface area contributed by atoms with Crippen LogP contribution in [0.2, 0.25) is 0 Å². The normalized spacial score (nSPS) is 26.0. The zero-order valence-corrected chi connectivity index (χ0v) is 17.0. The van der Waals surface area contributed by atoms with E-state index in [1.807, 2.05) is 18.2 Å². The van der Waals surface area contributed by atoms with Crippen LogP contribution in [-0.2, 0) is 16.1 Å². The molecule has 2 fully saturated rings. The Balaban J connectivity index is 1.58. The van der Waals surface area contributed by atoms with Gasteiger partial charge in [-0.05, 0) is 61.9 Å². The average molecular weight is 411 g/mol. The molecule has 158 valence electrons. The lowest BCUT2D eigenvalue weighted by Crippen LogP contribution is -2.56. The molecule has 30 heavy (non-hydrogen) atoms. The highest BCUT2D eigenvalue weighted by Gasteiger charge is 2.53. The summed E-state index contributed by atoms with van der Waals surface area (Å²) in [6.45, 7) is 2.57. The number of rotatable bonds is 4. The SMILES string of the molecule is CC1CCC2(CC1)OCC(C(=O)NCc1ccccn1)N2C(=O)c1cccc(F)c1. The number of amides is 2. The first-order valence-corrected chi connectivity index (χ1v) is 10.4. The number of carbonyl (C=O) groups excluding carboxylic acids is 2. The summed E-state index contributed by atoms with van der Waals surface area (Å²) in [7, 11) is 0. The molecule has 2 aromatic rings. The summed E-state index contributed by atoms with van der Waals surface area (Å²) in [5.74, 6) is -0.605. The van der Waals surface area contributed by atoms with Crippen LogP contribution < -0.4 is 5.32 Å². The van der Waals surface area contributed by atoms with Crippen molar-refractivity contribution in [3.05, 3.63) is 65.7 Å². The van der Waals surface area contributed by atoms with Gasteiger partial charge in [-0.3, -0.25) is 19.5 Å². The van der Waals surface area contributed by atoms with Crippen LogP contribution in [0.25, 0.3) is 0 Å². The first-order valence-electron chi connectivity index (χ1n) is 10.4. The molecule has 2 heterocycles. The summed E-state index contributed by atoms with van der Waals surface area (Å²) in [6, 6.07) is 10.3. The van der Waals surface area contributed by atoms with Gasteiger partial charge < -0.3 is 10.1 Å². The van der Waals surface area contributed by atoms with Gasteiger partial charge in [-0.15, -0.1) is 0 Å². The van der Waals surface area contributed by atoms with Gasteiger partial charge in [0.15, 0.2) is 0 Å². The van der Waals surface area contributed by atoms with Crippen LogP contribution >= 0.6 is 0 Å². The summed E-state index contributed by atoms with van der Waals surface area (Å²) in [4.78, 5) is 32.2. The number of nitrogens with one attached hydrogen (secondary N) is 1. The van der Waals surface area contributed by atoms with Gasteiger partial charge in [0.25, 0.3) is 5.91 Å². The summed E-state index contributed by atoms with van der Waals surface area (Å²) < 4.78 is 19.9. The monoisotopic (exact) mass is 411 g/mol. The van der Waals surface area contributed by atoms with Gasteiger partial charge >= 0.3 is 0 Å². The van der Waals surface area contributed by atoms with Crippen LogP contribution in [0.4, 0.5) is 4.39 Å². The van der Waals surface area contributed by atoms with Crippen molar-refractivity contribution in [2.75, 3.05) is 6.61 Å². The molecule has 1 aromatic heterocycles. The van der Waals surface area contributed by atoms with E-state index in [-0.39, 0.29) is 30.5 Å². The van der Waals surface area contributed by atoms with Gasteiger partial charge in [0.1, 0.15) is 17.6 Å². The Kier molecular flexibility index (Phi) is 5.81. The van der Waals surface area contributed by atoms with Gasteiger partial charge in [-0.1, -0.05) is 19.1 Å². The molecule has 1 aliphatic carbocycles. The van der Waals surface area contributed by atoms with Crippen molar-refractivity contribution < 1.29 is 18.7 Å². The molecular weight excluding hydrogens is 385 g/mol. The Morgan fingerprint density at radius 1 is 1.23 bits per heavy atom. The average Bonchev–Trinajstić information content (AvgIpc) is 3.13. The minimum atomic E-state index is -0.817. The van der Waals surface area contributed by atoms with Crippen molar-refractivity contribution in [2.45, 2.75) is 50.9 Å². The van der Waals surface area contributed by atoms with E-state index in [9.17, 15) is 14.0 Å². The lowest BCUT2D eigenvalue weighted by molar-refractivity contribution is -0.128.